The minimum Gasteiger partial charge on any atom is -0.462 e. The number of carbonyl (C=O) groups is 3. The lowest BCUT2D eigenvalue weighted by atomic mass is 10.0. The number of allylic oxidation sites excluding steroid dienone is 8. The van der Waals surface area contributed by atoms with Gasteiger partial charge in [-0.2, -0.15) is 0 Å². The summed E-state index contributed by atoms with van der Waals surface area (Å²) < 4.78 is 16.8. The highest BCUT2D eigenvalue weighted by atomic mass is 16.6. The Morgan fingerprint density at radius 3 is 1.02 bits per heavy atom. The Balaban J connectivity index is 4.38. The highest BCUT2D eigenvalue weighted by Gasteiger charge is 2.19. The third-order valence-corrected chi connectivity index (χ3v) is 12.6. The molecule has 0 aliphatic heterocycles. The summed E-state index contributed by atoms with van der Waals surface area (Å²) in [5.74, 6) is -0.905. The largest absolute Gasteiger partial charge is 0.462 e. The van der Waals surface area contributed by atoms with E-state index >= 15 is 0 Å². The minimum absolute atomic E-state index is 0.0835. The molecule has 66 heavy (non-hydrogen) atoms. The van der Waals surface area contributed by atoms with Crippen LogP contribution >= 0.6 is 0 Å². The molecule has 0 heterocycles. The van der Waals surface area contributed by atoms with Crippen molar-refractivity contribution in [1.29, 1.82) is 0 Å². The fourth-order valence-corrected chi connectivity index (χ4v) is 8.30. The number of unbranched alkanes of at least 4 members (excludes halogenated alkanes) is 34. The highest BCUT2D eigenvalue weighted by Crippen LogP contribution is 2.16. The van der Waals surface area contributed by atoms with E-state index in [2.05, 4.69) is 69.4 Å². The van der Waals surface area contributed by atoms with E-state index in [9.17, 15) is 14.4 Å². The van der Waals surface area contributed by atoms with Crippen LogP contribution in [0.3, 0.4) is 0 Å². The summed E-state index contributed by atoms with van der Waals surface area (Å²) in [5, 5.41) is 0. The lowest BCUT2D eigenvalue weighted by molar-refractivity contribution is -0.167. The molecule has 0 bridgehead atoms. The molecule has 0 rings (SSSR count). The summed E-state index contributed by atoms with van der Waals surface area (Å²) in [7, 11) is 0. The fourth-order valence-electron chi connectivity index (χ4n) is 8.30. The molecule has 0 radical (unpaired) electrons. The summed E-state index contributed by atoms with van der Waals surface area (Å²) in [6.07, 6.45) is 66.7. The van der Waals surface area contributed by atoms with Gasteiger partial charge >= 0.3 is 17.9 Å². The number of hydrogen-bond acceptors (Lipinski definition) is 6. The lowest BCUT2D eigenvalue weighted by Crippen LogP contribution is -2.30. The van der Waals surface area contributed by atoms with Crippen molar-refractivity contribution in [2.75, 3.05) is 13.2 Å². The molecule has 0 saturated heterocycles. The number of rotatable bonds is 52. The Labute approximate surface area is 409 Å². The molecule has 0 N–H and O–H groups in total. The molecule has 0 aromatic rings. The smallest absolute Gasteiger partial charge is 0.306 e. The van der Waals surface area contributed by atoms with E-state index in [0.717, 1.165) is 89.9 Å². The van der Waals surface area contributed by atoms with Crippen molar-refractivity contribution in [3.63, 3.8) is 0 Å². The molecule has 1 unspecified atom stereocenters. The van der Waals surface area contributed by atoms with Crippen LogP contribution in [-0.2, 0) is 28.6 Å². The normalized spacial score (nSPS) is 12.3. The SMILES string of the molecule is CC/C=C\C/C=C\CCCCCCCCCC(=O)OCC(COC(=O)CCCCCCCCCCCCCCCCCCCC)OC(=O)CCCCC/C=C\C=C/CCCCCCCCC. The predicted octanol–water partition coefficient (Wildman–Crippen LogP) is 19.0. The summed E-state index contributed by atoms with van der Waals surface area (Å²) in [6.45, 7) is 6.54. The van der Waals surface area contributed by atoms with Crippen molar-refractivity contribution >= 4 is 17.9 Å². The van der Waals surface area contributed by atoms with E-state index in [1.165, 1.54) is 167 Å². The average Bonchev–Trinajstić information content (AvgIpc) is 3.31. The summed E-state index contributed by atoms with van der Waals surface area (Å²) in [6, 6.07) is 0. The van der Waals surface area contributed by atoms with Crippen LogP contribution in [0.15, 0.2) is 48.6 Å². The maximum absolute atomic E-state index is 12.8. The Morgan fingerprint density at radius 2 is 0.636 bits per heavy atom. The maximum Gasteiger partial charge on any atom is 0.306 e. The molecule has 6 nitrogen and oxygen atoms in total. The zero-order chi connectivity index (χ0) is 47.9. The quantitative estimate of drug-likeness (QED) is 0.0199. The van der Waals surface area contributed by atoms with Crippen LogP contribution < -0.4 is 0 Å². The Kier molecular flexibility index (Phi) is 52.8. The third-order valence-electron chi connectivity index (χ3n) is 12.6. The lowest BCUT2D eigenvalue weighted by Gasteiger charge is -2.18. The molecule has 0 aromatic heterocycles. The van der Waals surface area contributed by atoms with Crippen LogP contribution in [0.4, 0.5) is 0 Å². The number of carbonyl (C=O) groups excluding carboxylic acids is 3. The van der Waals surface area contributed by atoms with Gasteiger partial charge in [-0.3, -0.25) is 14.4 Å². The van der Waals surface area contributed by atoms with Crippen LogP contribution in [0.5, 0.6) is 0 Å². The van der Waals surface area contributed by atoms with E-state index < -0.39 is 6.10 Å². The molecule has 0 aromatic carbocycles. The Hall–Kier alpha value is -2.63. The van der Waals surface area contributed by atoms with Crippen LogP contribution in [0, 0.1) is 0 Å². The van der Waals surface area contributed by atoms with Crippen molar-refractivity contribution in [3.8, 4) is 0 Å². The van der Waals surface area contributed by atoms with Gasteiger partial charge < -0.3 is 14.2 Å². The standard InChI is InChI=1S/C60H108O6/c1-4-7-10-13-16-19-22-25-28-30-31-33-35-38-41-44-47-50-53-59(62)65-56-57(55-64-58(61)52-49-46-43-40-37-34-27-24-21-18-15-12-9-6-3)66-60(63)54-51-48-45-42-39-36-32-29-26-23-20-17-14-11-8-5-2/h9,12,18,21,29,32,36,39,57H,4-8,10-11,13-17,19-20,22-28,30-31,33-35,37-38,40-56H2,1-3H3/b12-9-,21-18-,32-29-,39-36-. The monoisotopic (exact) mass is 925 g/mol. The third kappa shape index (κ3) is 52.3. The average molecular weight is 926 g/mol. The molecule has 6 heteroatoms. The molecular formula is C60H108O6. The van der Waals surface area contributed by atoms with Gasteiger partial charge in [0.25, 0.3) is 0 Å². The van der Waals surface area contributed by atoms with E-state index in [1.54, 1.807) is 0 Å². The van der Waals surface area contributed by atoms with Crippen molar-refractivity contribution in [2.45, 2.75) is 303 Å². The first-order chi connectivity index (χ1) is 32.5. The number of hydrogen-bond donors (Lipinski definition) is 0. The van der Waals surface area contributed by atoms with Gasteiger partial charge in [0.2, 0.25) is 0 Å². The summed E-state index contributed by atoms with van der Waals surface area (Å²) >= 11 is 0. The fraction of sp³-hybridized carbons (Fsp3) is 0.817. The molecule has 0 aliphatic rings. The van der Waals surface area contributed by atoms with Gasteiger partial charge in [0, 0.05) is 19.3 Å². The second kappa shape index (κ2) is 55.0. The van der Waals surface area contributed by atoms with Crippen molar-refractivity contribution in [1.82, 2.24) is 0 Å². The molecule has 0 saturated carbocycles. The first kappa shape index (κ1) is 63.4. The molecule has 0 amide bonds. The predicted molar refractivity (Wildman–Crippen MR) is 284 cm³/mol. The van der Waals surface area contributed by atoms with Crippen LogP contribution in [0.1, 0.15) is 297 Å². The topological polar surface area (TPSA) is 78.9 Å². The molecule has 0 aliphatic carbocycles. The highest BCUT2D eigenvalue weighted by molar-refractivity contribution is 5.71. The summed E-state index contributed by atoms with van der Waals surface area (Å²) in [4.78, 5) is 38.1. The van der Waals surface area contributed by atoms with E-state index in [0.29, 0.717) is 19.3 Å². The second-order valence-electron chi connectivity index (χ2n) is 19.2. The minimum atomic E-state index is -0.788. The maximum atomic E-state index is 12.8. The second-order valence-corrected chi connectivity index (χ2v) is 19.2. The number of esters is 3. The van der Waals surface area contributed by atoms with Gasteiger partial charge in [0.1, 0.15) is 13.2 Å². The molecule has 0 fully saturated rings. The molecular weight excluding hydrogens is 817 g/mol. The van der Waals surface area contributed by atoms with Gasteiger partial charge in [0.15, 0.2) is 6.10 Å². The van der Waals surface area contributed by atoms with Gasteiger partial charge in [0.05, 0.1) is 0 Å². The van der Waals surface area contributed by atoms with Crippen molar-refractivity contribution in [2.24, 2.45) is 0 Å². The molecule has 1 atom stereocenters. The van der Waals surface area contributed by atoms with Crippen molar-refractivity contribution < 1.29 is 28.6 Å². The Bertz CT molecular complexity index is 1150. The van der Waals surface area contributed by atoms with Gasteiger partial charge in [-0.25, -0.2) is 0 Å². The molecule has 0 spiro atoms. The zero-order valence-electron chi connectivity index (χ0n) is 44.0. The molecule has 384 valence electrons. The van der Waals surface area contributed by atoms with Crippen molar-refractivity contribution in [3.05, 3.63) is 48.6 Å². The Morgan fingerprint density at radius 1 is 0.333 bits per heavy atom. The number of ether oxygens (including phenoxy) is 3. The van der Waals surface area contributed by atoms with Crippen LogP contribution in [0.2, 0.25) is 0 Å². The van der Waals surface area contributed by atoms with Gasteiger partial charge in [-0.15, -0.1) is 0 Å². The van der Waals surface area contributed by atoms with E-state index in [-0.39, 0.29) is 31.1 Å². The summed E-state index contributed by atoms with van der Waals surface area (Å²) in [5.41, 5.74) is 0. The van der Waals surface area contributed by atoms with E-state index in [4.69, 9.17) is 14.2 Å². The first-order valence-corrected chi connectivity index (χ1v) is 28.7. The van der Waals surface area contributed by atoms with E-state index in [1.807, 2.05) is 0 Å². The van der Waals surface area contributed by atoms with Gasteiger partial charge in [-0.1, -0.05) is 256 Å². The van der Waals surface area contributed by atoms with Crippen LogP contribution in [0.25, 0.3) is 0 Å². The van der Waals surface area contributed by atoms with Crippen LogP contribution in [-0.4, -0.2) is 37.2 Å². The van der Waals surface area contributed by atoms with Gasteiger partial charge in [-0.05, 0) is 70.6 Å². The zero-order valence-corrected chi connectivity index (χ0v) is 44.0. The first-order valence-electron chi connectivity index (χ1n) is 28.7.